The van der Waals surface area contributed by atoms with Gasteiger partial charge in [-0.05, 0) is 6.08 Å². The van der Waals surface area contributed by atoms with Crippen molar-refractivity contribution in [2.24, 2.45) is 0 Å². The molecule has 0 radical (unpaired) electrons. The molecule has 3 heteroatoms. The Morgan fingerprint density at radius 1 is 1.75 bits per heavy atom. The summed E-state index contributed by atoms with van der Waals surface area (Å²) in [6, 6.07) is 0. The van der Waals surface area contributed by atoms with E-state index in [1.54, 1.807) is 18.5 Å². The lowest BCUT2D eigenvalue weighted by molar-refractivity contribution is 1.27. The van der Waals surface area contributed by atoms with E-state index in [9.17, 15) is 0 Å². The molecule has 1 aromatic rings. The molecule has 0 amide bonds. The summed E-state index contributed by atoms with van der Waals surface area (Å²) in [7, 11) is 0. The maximum absolute atomic E-state index is 3.86. The van der Waals surface area contributed by atoms with Gasteiger partial charge in [0.1, 0.15) is 5.82 Å². The van der Waals surface area contributed by atoms with Gasteiger partial charge in [-0.1, -0.05) is 6.58 Å². The molecule has 0 fully saturated rings. The fourth-order valence-electron chi connectivity index (χ4n) is 0.389. The van der Waals surface area contributed by atoms with Gasteiger partial charge in [0.25, 0.3) is 0 Å². The molecule has 44 valence electrons. The highest BCUT2D eigenvalue weighted by atomic mass is 35.5. The summed E-state index contributed by atoms with van der Waals surface area (Å²) in [4.78, 5) is 6.72. The van der Waals surface area contributed by atoms with E-state index in [1.165, 1.54) is 0 Å². The van der Waals surface area contributed by atoms with Gasteiger partial charge in [0.05, 0.1) is 0 Å². The monoisotopic (exact) mass is 130 g/mol. The van der Waals surface area contributed by atoms with Crippen LogP contribution in [0, 0.1) is 0 Å². The standard InChI is InChI=1S/C5H6N2.ClH/c1-2-5-6-3-4-7-5;/h2-4H,1H2,(H,6,7);1H. The van der Waals surface area contributed by atoms with Crippen LogP contribution < -0.4 is 0 Å². The third-order valence-electron chi connectivity index (χ3n) is 0.713. The van der Waals surface area contributed by atoms with E-state index in [4.69, 9.17) is 0 Å². The van der Waals surface area contributed by atoms with Crippen molar-refractivity contribution in [2.75, 3.05) is 0 Å². The van der Waals surface area contributed by atoms with Crippen molar-refractivity contribution in [3.8, 4) is 0 Å². The van der Waals surface area contributed by atoms with Gasteiger partial charge in [-0.3, -0.25) is 0 Å². The molecular weight excluding hydrogens is 124 g/mol. The number of imidazole rings is 1. The number of aromatic nitrogens is 2. The normalized spacial score (nSPS) is 7.50. The predicted octanol–water partition coefficient (Wildman–Crippen LogP) is 1.47. The molecule has 0 bridgehead atoms. The molecule has 1 heterocycles. The maximum atomic E-state index is 3.86. The molecule has 1 N–H and O–H groups in total. The van der Waals surface area contributed by atoms with Crippen LogP contribution in [0.2, 0.25) is 0 Å². The third-order valence-corrected chi connectivity index (χ3v) is 0.713. The van der Waals surface area contributed by atoms with E-state index < -0.39 is 0 Å². The second-order valence-electron chi connectivity index (χ2n) is 1.18. The van der Waals surface area contributed by atoms with Crippen LogP contribution in [-0.4, -0.2) is 9.97 Å². The topological polar surface area (TPSA) is 28.7 Å². The summed E-state index contributed by atoms with van der Waals surface area (Å²) in [5.74, 6) is 0.819. The number of halogens is 1. The Kier molecular flexibility index (Phi) is 2.96. The van der Waals surface area contributed by atoms with Gasteiger partial charge in [0, 0.05) is 12.4 Å². The molecule has 0 saturated carbocycles. The van der Waals surface area contributed by atoms with Gasteiger partial charge in [0.2, 0.25) is 0 Å². The first-order valence-electron chi connectivity index (χ1n) is 2.05. The average Bonchev–Trinajstić information content (AvgIpc) is 2.14. The summed E-state index contributed by atoms with van der Waals surface area (Å²) < 4.78 is 0. The van der Waals surface area contributed by atoms with E-state index in [1.807, 2.05) is 0 Å². The van der Waals surface area contributed by atoms with Gasteiger partial charge in [-0.25, -0.2) is 4.98 Å². The van der Waals surface area contributed by atoms with Crippen LogP contribution in [0.4, 0.5) is 0 Å². The van der Waals surface area contributed by atoms with Crippen LogP contribution in [0.1, 0.15) is 5.82 Å². The van der Waals surface area contributed by atoms with Gasteiger partial charge in [-0.2, -0.15) is 0 Å². The van der Waals surface area contributed by atoms with Crippen LogP contribution in [0.25, 0.3) is 6.08 Å². The molecule has 0 aliphatic carbocycles. The van der Waals surface area contributed by atoms with E-state index in [0.717, 1.165) is 5.82 Å². The Balaban J connectivity index is 0.000000490. The van der Waals surface area contributed by atoms with Crippen LogP contribution in [0.5, 0.6) is 0 Å². The second-order valence-corrected chi connectivity index (χ2v) is 1.18. The number of H-pyrrole nitrogens is 1. The van der Waals surface area contributed by atoms with Crippen LogP contribution in [0.15, 0.2) is 19.0 Å². The van der Waals surface area contributed by atoms with Crippen LogP contribution >= 0.6 is 12.4 Å². The van der Waals surface area contributed by atoms with Crippen molar-refractivity contribution >= 4 is 18.5 Å². The molecule has 1 rings (SSSR count). The van der Waals surface area contributed by atoms with E-state index in [-0.39, 0.29) is 12.4 Å². The highest BCUT2D eigenvalue weighted by Crippen LogP contribution is 1.85. The number of rotatable bonds is 1. The lowest BCUT2D eigenvalue weighted by atomic mass is 10.6. The highest BCUT2D eigenvalue weighted by molar-refractivity contribution is 5.85. The van der Waals surface area contributed by atoms with Gasteiger partial charge < -0.3 is 4.98 Å². The molecule has 0 spiro atoms. The number of hydrogen-bond donors (Lipinski definition) is 1. The molecule has 1 aromatic heterocycles. The first kappa shape index (κ1) is 7.24. The zero-order valence-electron chi connectivity index (χ0n) is 4.29. The fourth-order valence-corrected chi connectivity index (χ4v) is 0.389. The lowest BCUT2D eigenvalue weighted by Gasteiger charge is -1.73. The minimum atomic E-state index is 0. The summed E-state index contributed by atoms with van der Waals surface area (Å²) in [5, 5.41) is 0. The molecule has 0 atom stereocenters. The molecule has 0 saturated heterocycles. The Labute approximate surface area is 54.1 Å². The van der Waals surface area contributed by atoms with Gasteiger partial charge in [0.15, 0.2) is 0 Å². The summed E-state index contributed by atoms with van der Waals surface area (Å²) in [6.07, 6.45) is 5.12. The van der Waals surface area contributed by atoms with E-state index in [0.29, 0.717) is 0 Å². The molecule has 2 nitrogen and oxygen atoms in total. The molecule has 0 aliphatic rings. The Hall–Kier alpha value is -0.760. The van der Waals surface area contributed by atoms with E-state index >= 15 is 0 Å². The van der Waals surface area contributed by atoms with Crippen molar-refractivity contribution in [3.63, 3.8) is 0 Å². The number of nitrogens with one attached hydrogen (secondary N) is 1. The van der Waals surface area contributed by atoms with Crippen LogP contribution in [-0.2, 0) is 0 Å². The summed E-state index contributed by atoms with van der Waals surface area (Å²) in [5.41, 5.74) is 0. The van der Waals surface area contributed by atoms with Crippen molar-refractivity contribution in [1.82, 2.24) is 9.97 Å². The third kappa shape index (κ3) is 1.39. The Morgan fingerprint density at radius 2 is 2.50 bits per heavy atom. The van der Waals surface area contributed by atoms with Crippen LogP contribution in [0.3, 0.4) is 0 Å². The molecule has 0 aromatic carbocycles. The first-order valence-corrected chi connectivity index (χ1v) is 2.05. The largest absolute Gasteiger partial charge is 0.345 e. The maximum Gasteiger partial charge on any atom is 0.129 e. The quantitative estimate of drug-likeness (QED) is 0.613. The van der Waals surface area contributed by atoms with Crippen molar-refractivity contribution in [1.29, 1.82) is 0 Å². The molecular formula is C5H7ClN2. The van der Waals surface area contributed by atoms with Crippen molar-refractivity contribution < 1.29 is 0 Å². The second kappa shape index (κ2) is 3.27. The number of nitrogens with zero attached hydrogens (tertiary/aromatic N) is 1. The zero-order chi connectivity index (χ0) is 5.11. The minimum absolute atomic E-state index is 0. The SMILES string of the molecule is C=Cc1ncc[nH]1.Cl. The minimum Gasteiger partial charge on any atom is -0.345 e. The Bertz CT molecular complexity index is 145. The summed E-state index contributed by atoms with van der Waals surface area (Å²) in [6.45, 7) is 3.51. The first-order chi connectivity index (χ1) is 3.43. The Morgan fingerprint density at radius 3 is 2.75 bits per heavy atom. The van der Waals surface area contributed by atoms with Crippen molar-refractivity contribution in [3.05, 3.63) is 24.8 Å². The lowest BCUT2D eigenvalue weighted by Crippen LogP contribution is -1.67. The van der Waals surface area contributed by atoms with Gasteiger partial charge >= 0.3 is 0 Å². The van der Waals surface area contributed by atoms with Gasteiger partial charge in [-0.15, -0.1) is 12.4 Å². The molecule has 0 unspecified atom stereocenters. The van der Waals surface area contributed by atoms with Crippen molar-refractivity contribution in [2.45, 2.75) is 0 Å². The van der Waals surface area contributed by atoms with E-state index in [2.05, 4.69) is 16.5 Å². The summed E-state index contributed by atoms with van der Waals surface area (Å²) >= 11 is 0. The predicted molar refractivity (Wildman–Crippen MR) is 35.9 cm³/mol. The highest BCUT2D eigenvalue weighted by Gasteiger charge is 1.78. The smallest absolute Gasteiger partial charge is 0.129 e. The molecule has 8 heavy (non-hydrogen) atoms. The number of aromatic amines is 1. The number of hydrogen-bond acceptors (Lipinski definition) is 1. The molecule has 0 aliphatic heterocycles. The average molecular weight is 131 g/mol. The zero-order valence-corrected chi connectivity index (χ0v) is 5.11. The fraction of sp³-hybridized carbons (Fsp3) is 0.